The van der Waals surface area contributed by atoms with Crippen LogP contribution in [0.4, 0.5) is 0 Å². The molecule has 1 aliphatic carbocycles. The molecule has 1 fully saturated rings. The Labute approximate surface area is 95.3 Å². The number of ketones is 2. The van der Waals surface area contributed by atoms with Gasteiger partial charge in [0, 0.05) is 12.3 Å². The summed E-state index contributed by atoms with van der Waals surface area (Å²) in [6, 6.07) is 0. The predicted octanol–water partition coefficient (Wildman–Crippen LogP) is 1.51. The number of rotatable bonds is 5. The summed E-state index contributed by atoms with van der Waals surface area (Å²) >= 11 is 0. The number of hydrogen-bond acceptors (Lipinski definition) is 4. The summed E-state index contributed by atoms with van der Waals surface area (Å²) in [5.74, 6) is -1.07. The first kappa shape index (κ1) is 12.9. The monoisotopic (exact) mass is 226 g/mol. The van der Waals surface area contributed by atoms with Crippen molar-refractivity contribution in [2.75, 3.05) is 6.61 Å². The molecule has 0 aliphatic heterocycles. The van der Waals surface area contributed by atoms with Crippen molar-refractivity contribution in [3.05, 3.63) is 0 Å². The SMILES string of the molecule is CCOC(=O)C1CCC(CCC(C)=O)C1=O. The van der Waals surface area contributed by atoms with E-state index >= 15 is 0 Å². The fourth-order valence-electron chi connectivity index (χ4n) is 2.08. The second kappa shape index (κ2) is 5.77. The molecule has 0 saturated heterocycles. The van der Waals surface area contributed by atoms with Crippen LogP contribution in [0.2, 0.25) is 0 Å². The minimum atomic E-state index is -0.586. The molecule has 0 aromatic carbocycles. The van der Waals surface area contributed by atoms with Crippen molar-refractivity contribution in [1.29, 1.82) is 0 Å². The molecule has 2 unspecified atom stereocenters. The third-order valence-corrected chi connectivity index (χ3v) is 2.97. The van der Waals surface area contributed by atoms with Crippen LogP contribution in [0.25, 0.3) is 0 Å². The van der Waals surface area contributed by atoms with Gasteiger partial charge in [-0.2, -0.15) is 0 Å². The summed E-state index contributed by atoms with van der Waals surface area (Å²) in [6.45, 7) is 3.55. The van der Waals surface area contributed by atoms with Crippen LogP contribution < -0.4 is 0 Å². The van der Waals surface area contributed by atoms with Gasteiger partial charge in [-0.25, -0.2) is 0 Å². The normalized spacial score (nSPS) is 24.5. The number of ether oxygens (including phenoxy) is 1. The number of hydrogen-bond donors (Lipinski definition) is 0. The number of Topliss-reactive ketones (excluding diaryl/α,β-unsaturated/α-hetero) is 2. The molecule has 0 radical (unpaired) electrons. The molecular formula is C12H18O4. The maximum Gasteiger partial charge on any atom is 0.316 e. The van der Waals surface area contributed by atoms with Gasteiger partial charge in [-0.15, -0.1) is 0 Å². The standard InChI is InChI=1S/C12H18O4/c1-3-16-12(15)10-7-6-9(11(10)14)5-4-8(2)13/h9-10H,3-7H2,1-2H3. The van der Waals surface area contributed by atoms with Crippen LogP contribution in [0.1, 0.15) is 39.5 Å². The molecule has 0 bridgehead atoms. The molecule has 1 aliphatic rings. The van der Waals surface area contributed by atoms with Crippen molar-refractivity contribution < 1.29 is 19.1 Å². The molecular weight excluding hydrogens is 208 g/mol. The maximum atomic E-state index is 11.8. The molecule has 0 N–H and O–H groups in total. The molecule has 0 aromatic rings. The van der Waals surface area contributed by atoms with E-state index in [1.807, 2.05) is 0 Å². The van der Waals surface area contributed by atoms with Crippen LogP contribution >= 0.6 is 0 Å². The lowest BCUT2D eigenvalue weighted by Crippen LogP contribution is -2.24. The van der Waals surface area contributed by atoms with Crippen LogP contribution in [-0.4, -0.2) is 24.1 Å². The summed E-state index contributed by atoms with van der Waals surface area (Å²) in [5, 5.41) is 0. The van der Waals surface area contributed by atoms with Gasteiger partial charge in [0.1, 0.15) is 17.5 Å². The largest absolute Gasteiger partial charge is 0.465 e. The van der Waals surface area contributed by atoms with E-state index < -0.39 is 11.9 Å². The van der Waals surface area contributed by atoms with Gasteiger partial charge in [0.05, 0.1) is 6.61 Å². The minimum Gasteiger partial charge on any atom is -0.465 e. The van der Waals surface area contributed by atoms with Gasteiger partial charge in [-0.3, -0.25) is 9.59 Å². The highest BCUT2D eigenvalue weighted by molar-refractivity contribution is 6.01. The topological polar surface area (TPSA) is 60.4 Å². The van der Waals surface area contributed by atoms with Gasteiger partial charge < -0.3 is 9.53 Å². The molecule has 4 heteroatoms. The van der Waals surface area contributed by atoms with Gasteiger partial charge in [-0.05, 0) is 33.1 Å². The first-order chi connectivity index (χ1) is 7.56. The molecule has 0 aromatic heterocycles. The highest BCUT2D eigenvalue weighted by Gasteiger charge is 2.39. The second-order valence-electron chi connectivity index (χ2n) is 4.22. The Morgan fingerprint density at radius 1 is 1.38 bits per heavy atom. The number of carbonyl (C=O) groups excluding carboxylic acids is 3. The van der Waals surface area contributed by atoms with Crippen molar-refractivity contribution in [2.24, 2.45) is 11.8 Å². The van der Waals surface area contributed by atoms with Gasteiger partial charge in [0.15, 0.2) is 0 Å². The molecule has 90 valence electrons. The zero-order valence-electron chi connectivity index (χ0n) is 9.82. The smallest absolute Gasteiger partial charge is 0.316 e. The van der Waals surface area contributed by atoms with Crippen molar-refractivity contribution in [1.82, 2.24) is 0 Å². The first-order valence-electron chi connectivity index (χ1n) is 5.76. The van der Waals surface area contributed by atoms with Crippen molar-refractivity contribution >= 4 is 17.5 Å². The Morgan fingerprint density at radius 2 is 2.06 bits per heavy atom. The zero-order valence-corrected chi connectivity index (χ0v) is 9.82. The minimum absolute atomic E-state index is 0.0419. The lowest BCUT2D eigenvalue weighted by Gasteiger charge is -2.09. The molecule has 0 spiro atoms. The van der Waals surface area contributed by atoms with E-state index in [9.17, 15) is 14.4 Å². The van der Waals surface area contributed by atoms with Crippen LogP contribution in [0.3, 0.4) is 0 Å². The summed E-state index contributed by atoms with van der Waals surface area (Å²) in [7, 11) is 0. The second-order valence-corrected chi connectivity index (χ2v) is 4.22. The van der Waals surface area contributed by atoms with Crippen LogP contribution in [-0.2, 0) is 19.1 Å². The molecule has 1 saturated carbocycles. The Morgan fingerprint density at radius 3 is 2.62 bits per heavy atom. The molecule has 0 amide bonds. The molecule has 2 atom stereocenters. The van der Waals surface area contributed by atoms with E-state index in [0.717, 1.165) is 0 Å². The van der Waals surface area contributed by atoms with Crippen LogP contribution in [0, 0.1) is 11.8 Å². The lowest BCUT2D eigenvalue weighted by atomic mass is 9.97. The molecule has 1 rings (SSSR count). The Balaban J connectivity index is 2.47. The first-order valence-corrected chi connectivity index (χ1v) is 5.76. The number of esters is 1. The highest BCUT2D eigenvalue weighted by Crippen LogP contribution is 2.31. The molecule has 4 nitrogen and oxygen atoms in total. The third kappa shape index (κ3) is 3.15. The molecule has 16 heavy (non-hydrogen) atoms. The van der Waals surface area contributed by atoms with E-state index in [1.54, 1.807) is 6.92 Å². The Kier molecular flexibility index (Phi) is 4.65. The van der Waals surface area contributed by atoms with E-state index in [2.05, 4.69) is 0 Å². The summed E-state index contributed by atoms with van der Waals surface area (Å²) in [5.41, 5.74) is 0. The zero-order chi connectivity index (χ0) is 12.1. The Bertz CT molecular complexity index is 295. The van der Waals surface area contributed by atoms with E-state index in [4.69, 9.17) is 4.74 Å². The van der Waals surface area contributed by atoms with Gasteiger partial charge in [-0.1, -0.05) is 0 Å². The fourth-order valence-corrected chi connectivity index (χ4v) is 2.08. The average molecular weight is 226 g/mol. The lowest BCUT2D eigenvalue weighted by molar-refractivity contribution is -0.150. The summed E-state index contributed by atoms with van der Waals surface area (Å²) in [6.07, 6.45) is 2.27. The maximum absolute atomic E-state index is 11.8. The van der Waals surface area contributed by atoms with Crippen molar-refractivity contribution in [3.63, 3.8) is 0 Å². The quantitative estimate of drug-likeness (QED) is 0.526. The average Bonchev–Trinajstić information content (AvgIpc) is 2.57. The fraction of sp³-hybridized carbons (Fsp3) is 0.750. The number of carbonyl (C=O) groups is 3. The predicted molar refractivity (Wildman–Crippen MR) is 57.8 cm³/mol. The van der Waals surface area contributed by atoms with Crippen molar-refractivity contribution in [3.8, 4) is 0 Å². The van der Waals surface area contributed by atoms with Gasteiger partial charge in [0.2, 0.25) is 0 Å². The highest BCUT2D eigenvalue weighted by atomic mass is 16.5. The van der Waals surface area contributed by atoms with E-state index in [0.29, 0.717) is 32.3 Å². The van der Waals surface area contributed by atoms with Crippen molar-refractivity contribution in [2.45, 2.75) is 39.5 Å². The van der Waals surface area contributed by atoms with E-state index in [-0.39, 0.29) is 17.5 Å². The van der Waals surface area contributed by atoms with Crippen LogP contribution in [0.15, 0.2) is 0 Å². The van der Waals surface area contributed by atoms with E-state index in [1.165, 1.54) is 6.92 Å². The summed E-state index contributed by atoms with van der Waals surface area (Å²) < 4.78 is 4.84. The summed E-state index contributed by atoms with van der Waals surface area (Å²) in [4.78, 5) is 34.1. The molecule has 0 heterocycles. The van der Waals surface area contributed by atoms with Gasteiger partial charge >= 0.3 is 5.97 Å². The Hall–Kier alpha value is -1.19. The third-order valence-electron chi connectivity index (χ3n) is 2.97. The van der Waals surface area contributed by atoms with Gasteiger partial charge in [0.25, 0.3) is 0 Å². The van der Waals surface area contributed by atoms with Crippen LogP contribution in [0.5, 0.6) is 0 Å².